The van der Waals surface area contributed by atoms with Gasteiger partial charge in [0.2, 0.25) is 0 Å². The second-order valence-electron chi connectivity index (χ2n) is 16.8. The Kier molecular flexibility index (Phi) is 7.26. The highest BCUT2D eigenvalue weighted by molar-refractivity contribution is 6.03. The van der Waals surface area contributed by atoms with Crippen LogP contribution in [-0.2, 0) is 10.8 Å². The average Bonchev–Trinajstić information content (AvgIpc) is 3.86. The van der Waals surface area contributed by atoms with Crippen LogP contribution in [0.3, 0.4) is 0 Å². The van der Waals surface area contributed by atoms with Crippen LogP contribution in [0.5, 0.6) is 0 Å². The molecule has 59 heavy (non-hydrogen) atoms. The van der Waals surface area contributed by atoms with Crippen LogP contribution in [0.25, 0.3) is 55.6 Å². The molecule has 0 fully saturated rings. The van der Waals surface area contributed by atoms with E-state index in [1.165, 1.54) is 89.0 Å². The Labute approximate surface area is 346 Å². The largest absolute Gasteiger partial charge is 0.311 e. The van der Waals surface area contributed by atoms with E-state index in [9.17, 15) is 0 Å². The summed E-state index contributed by atoms with van der Waals surface area (Å²) < 4.78 is 0. The van der Waals surface area contributed by atoms with Gasteiger partial charge in [-0.2, -0.15) is 0 Å². The van der Waals surface area contributed by atoms with E-state index in [1.807, 2.05) is 0 Å². The van der Waals surface area contributed by atoms with Crippen molar-refractivity contribution < 1.29 is 0 Å². The molecule has 0 amide bonds. The van der Waals surface area contributed by atoms with Crippen molar-refractivity contribution in [2.24, 2.45) is 0 Å². The molecule has 0 aliphatic heterocycles. The fourth-order valence-corrected chi connectivity index (χ4v) is 10.9. The van der Waals surface area contributed by atoms with Crippen LogP contribution < -0.4 is 4.90 Å². The van der Waals surface area contributed by atoms with Crippen LogP contribution in [0.2, 0.25) is 0 Å². The summed E-state index contributed by atoms with van der Waals surface area (Å²) in [4.78, 5) is 2.34. The van der Waals surface area contributed by atoms with E-state index in [0.29, 0.717) is 0 Å². The van der Waals surface area contributed by atoms with Crippen molar-refractivity contribution in [1.29, 1.82) is 0 Å². The van der Waals surface area contributed by atoms with E-state index >= 15 is 0 Å². The van der Waals surface area contributed by atoms with Gasteiger partial charge in [-0.25, -0.2) is 0 Å². The summed E-state index contributed by atoms with van der Waals surface area (Å²) in [7, 11) is 0. The van der Waals surface area contributed by atoms with Gasteiger partial charge in [0.1, 0.15) is 0 Å². The summed E-state index contributed by atoms with van der Waals surface area (Å²) in [5, 5.41) is 0. The number of nitrogens with zero attached hydrogens (tertiary/aromatic N) is 1. The zero-order chi connectivity index (χ0) is 39.3. The second-order valence-corrected chi connectivity index (χ2v) is 16.8. The monoisotopic (exact) mass is 751 g/mol. The van der Waals surface area contributed by atoms with Gasteiger partial charge in [-0.1, -0.05) is 184 Å². The van der Waals surface area contributed by atoms with Crippen molar-refractivity contribution >= 4 is 17.1 Å². The quantitative estimate of drug-likeness (QED) is 0.169. The first-order valence-corrected chi connectivity index (χ1v) is 20.8. The Bertz CT molecular complexity index is 3100. The molecule has 9 aromatic carbocycles. The van der Waals surface area contributed by atoms with Gasteiger partial charge in [0, 0.05) is 22.5 Å². The number of rotatable bonds is 5. The highest BCUT2D eigenvalue weighted by Gasteiger charge is 2.53. The predicted molar refractivity (Wildman–Crippen MR) is 246 cm³/mol. The lowest BCUT2D eigenvalue weighted by Crippen LogP contribution is -2.26. The minimum Gasteiger partial charge on any atom is -0.311 e. The molecule has 0 saturated heterocycles. The van der Waals surface area contributed by atoms with E-state index in [1.54, 1.807) is 0 Å². The van der Waals surface area contributed by atoms with Crippen molar-refractivity contribution in [2.45, 2.75) is 24.7 Å². The summed E-state index contributed by atoms with van der Waals surface area (Å²) in [6, 6.07) is 78.8. The molecule has 0 heterocycles. The molecular weight excluding hydrogens is 711 g/mol. The lowest BCUT2D eigenvalue weighted by Gasteiger charge is -2.31. The summed E-state index contributed by atoms with van der Waals surface area (Å²) in [6.45, 7) is 4.78. The lowest BCUT2D eigenvalue weighted by atomic mass is 9.69. The van der Waals surface area contributed by atoms with Gasteiger partial charge in [-0.05, 0) is 131 Å². The van der Waals surface area contributed by atoms with Crippen molar-refractivity contribution in [3.05, 3.63) is 246 Å². The van der Waals surface area contributed by atoms with Gasteiger partial charge in [0.15, 0.2) is 0 Å². The number of benzene rings is 9. The fraction of sp³-hybridized carbons (Fsp3) is 0.0690. The Morgan fingerprint density at radius 2 is 0.712 bits per heavy atom. The number of fused-ring (bicyclic) bond motifs is 14. The SMILES string of the molecule is CC1(C)c2ccccc2-c2c1ccc1c2-c2ccccc2C12c1ccccc1-c1ccc(-c3ccc(N(c4ccccc4)c4ccc(-c5ccccc5)cc4)cc3)cc12. The molecule has 1 unspecified atom stereocenters. The van der Waals surface area contributed by atoms with Gasteiger partial charge in [0.25, 0.3) is 0 Å². The van der Waals surface area contributed by atoms with Crippen molar-refractivity contribution in [2.75, 3.05) is 4.90 Å². The molecule has 1 atom stereocenters. The number of anilines is 3. The Morgan fingerprint density at radius 1 is 0.288 bits per heavy atom. The van der Waals surface area contributed by atoms with Crippen molar-refractivity contribution in [3.63, 3.8) is 0 Å². The Balaban J connectivity index is 1.00. The van der Waals surface area contributed by atoms with Crippen LogP contribution in [0.1, 0.15) is 47.2 Å². The predicted octanol–water partition coefficient (Wildman–Crippen LogP) is 15.1. The molecule has 278 valence electrons. The van der Waals surface area contributed by atoms with Gasteiger partial charge in [-0.3, -0.25) is 0 Å². The van der Waals surface area contributed by atoms with E-state index < -0.39 is 5.41 Å². The maximum Gasteiger partial charge on any atom is 0.0725 e. The average molecular weight is 752 g/mol. The van der Waals surface area contributed by atoms with Gasteiger partial charge >= 0.3 is 0 Å². The second kappa shape index (κ2) is 12.6. The summed E-state index contributed by atoms with van der Waals surface area (Å²) in [5.74, 6) is 0. The molecule has 1 spiro atoms. The van der Waals surface area contributed by atoms with Crippen LogP contribution in [0.15, 0.2) is 212 Å². The third-order valence-corrected chi connectivity index (χ3v) is 13.5. The van der Waals surface area contributed by atoms with Gasteiger partial charge in [0.05, 0.1) is 5.41 Å². The molecule has 0 aromatic heterocycles. The van der Waals surface area contributed by atoms with Crippen LogP contribution in [-0.4, -0.2) is 0 Å². The summed E-state index contributed by atoms with van der Waals surface area (Å²) >= 11 is 0. The van der Waals surface area contributed by atoms with E-state index in [4.69, 9.17) is 0 Å². The molecule has 1 nitrogen and oxygen atoms in total. The van der Waals surface area contributed by atoms with E-state index in [0.717, 1.165) is 17.1 Å². The highest BCUT2D eigenvalue weighted by atomic mass is 15.1. The fourth-order valence-electron chi connectivity index (χ4n) is 10.9. The van der Waals surface area contributed by atoms with E-state index in [2.05, 4.69) is 231 Å². The molecule has 0 radical (unpaired) electrons. The van der Waals surface area contributed by atoms with Gasteiger partial charge in [-0.15, -0.1) is 0 Å². The molecular formula is C58H41N. The van der Waals surface area contributed by atoms with Crippen molar-refractivity contribution in [3.8, 4) is 55.6 Å². The third kappa shape index (κ3) is 4.73. The maximum absolute atomic E-state index is 2.50. The molecule has 3 aliphatic rings. The minimum atomic E-state index is -0.430. The highest BCUT2D eigenvalue weighted by Crippen LogP contribution is 2.66. The molecule has 0 N–H and O–H groups in total. The Hall–Kier alpha value is -7.22. The number of hydrogen-bond donors (Lipinski definition) is 0. The molecule has 9 aromatic rings. The smallest absolute Gasteiger partial charge is 0.0725 e. The lowest BCUT2D eigenvalue weighted by molar-refractivity contribution is 0.660. The Morgan fingerprint density at radius 3 is 1.37 bits per heavy atom. The van der Waals surface area contributed by atoms with Crippen molar-refractivity contribution in [1.82, 2.24) is 0 Å². The standard InChI is InChI=1S/C58H41N/c1-57(2)49-22-12-10-20-47(49)55-52(57)35-36-53-56(55)48-21-11-14-24-51(48)58(53)50-23-13-9-19-45(50)46-34-29-41(37-54(46)58)40-27-32-44(33-28-40)59(42-17-7-4-8-18-42)43-30-25-39(26-31-43)38-15-5-3-6-16-38/h3-37H,1-2H3. The number of para-hydroxylation sites is 1. The van der Waals surface area contributed by atoms with E-state index in [-0.39, 0.29) is 5.41 Å². The molecule has 0 bridgehead atoms. The first-order chi connectivity index (χ1) is 29.0. The zero-order valence-corrected chi connectivity index (χ0v) is 33.2. The first-order valence-electron chi connectivity index (χ1n) is 20.8. The number of hydrogen-bond acceptors (Lipinski definition) is 1. The molecule has 1 heteroatoms. The third-order valence-electron chi connectivity index (χ3n) is 13.5. The topological polar surface area (TPSA) is 3.24 Å². The summed E-state index contributed by atoms with van der Waals surface area (Å²) in [5.41, 5.74) is 24.2. The van der Waals surface area contributed by atoms with Crippen LogP contribution in [0.4, 0.5) is 17.1 Å². The van der Waals surface area contributed by atoms with Crippen LogP contribution >= 0.6 is 0 Å². The maximum atomic E-state index is 2.50. The minimum absolute atomic E-state index is 0.0712. The summed E-state index contributed by atoms with van der Waals surface area (Å²) in [6.07, 6.45) is 0. The van der Waals surface area contributed by atoms with Crippen LogP contribution in [0, 0.1) is 0 Å². The molecule has 12 rings (SSSR count). The zero-order valence-electron chi connectivity index (χ0n) is 33.2. The van der Waals surface area contributed by atoms with Gasteiger partial charge < -0.3 is 4.90 Å². The first kappa shape index (κ1) is 33.9. The molecule has 3 aliphatic carbocycles. The molecule has 0 saturated carbocycles. The normalized spacial score (nSPS) is 15.8.